The van der Waals surface area contributed by atoms with Gasteiger partial charge in [0.05, 0.1) is 0 Å². The normalized spacial score (nSPS) is 12.3. The largest absolute Gasteiger partial charge is 0.348 e. The Hall–Kier alpha value is -1.49. The topological polar surface area (TPSA) is 55.1 Å². The number of nitrogens with one attached hydrogen (secondary N) is 1. The van der Waals surface area contributed by atoms with E-state index in [9.17, 15) is 13.6 Å². The van der Waals surface area contributed by atoms with Crippen molar-refractivity contribution in [1.82, 2.24) is 5.32 Å². The maximum Gasteiger partial charge on any atom is 0.257 e. The zero-order chi connectivity index (χ0) is 13.7. The molecule has 0 radical (unpaired) electrons. The molecule has 1 aromatic rings. The van der Waals surface area contributed by atoms with Gasteiger partial charge in [0.2, 0.25) is 0 Å². The first-order chi connectivity index (χ1) is 8.51. The molecule has 1 aromatic carbocycles. The number of carbonyl (C=O) groups excluding carboxylic acids is 1. The first-order valence-corrected chi connectivity index (χ1v) is 5.96. The van der Waals surface area contributed by atoms with Crippen molar-refractivity contribution in [1.29, 1.82) is 0 Å². The van der Waals surface area contributed by atoms with Crippen molar-refractivity contribution in [3.8, 4) is 0 Å². The number of hydrogen-bond donors (Lipinski definition) is 2. The van der Waals surface area contributed by atoms with Gasteiger partial charge in [-0.05, 0) is 25.0 Å². The molecule has 1 unspecified atom stereocenters. The van der Waals surface area contributed by atoms with E-state index in [4.69, 9.17) is 5.73 Å². The molecule has 0 fully saturated rings. The van der Waals surface area contributed by atoms with Gasteiger partial charge in [-0.1, -0.05) is 19.4 Å². The van der Waals surface area contributed by atoms with Gasteiger partial charge in [-0.3, -0.25) is 4.79 Å². The predicted molar refractivity (Wildman–Crippen MR) is 66.3 cm³/mol. The van der Waals surface area contributed by atoms with Crippen LogP contribution in [0, 0.1) is 18.6 Å². The molecule has 0 aliphatic rings. The van der Waals surface area contributed by atoms with Crippen molar-refractivity contribution >= 4 is 5.91 Å². The number of benzene rings is 1. The summed E-state index contributed by atoms with van der Waals surface area (Å²) < 4.78 is 27.2. The van der Waals surface area contributed by atoms with Crippen molar-refractivity contribution in [2.45, 2.75) is 32.7 Å². The van der Waals surface area contributed by atoms with Crippen LogP contribution in [0.5, 0.6) is 0 Å². The molecule has 3 N–H and O–H groups in total. The predicted octanol–water partition coefficient (Wildman–Crippen LogP) is 2.13. The molecule has 5 heteroatoms. The molecule has 0 aliphatic carbocycles. The van der Waals surface area contributed by atoms with Gasteiger partial charge in [-0.15, -0.1) is 0 Å². The summed E-state index contributed by atoms with van der Waals surface area (Å²) >= 11 is 0. The van der Waals surface area contributed by atoms with Gasteiger partial charge < -0.3 is 11.1 Å². The third-order valence-corrected chi connectivity index (χ3v) is 2.77. The summed E-state index contributed by atoms with van der Waals surface area (Å²) in [4.78, 5) is 11.8. The fourth-order valence-electron chi connectivity index (χ4n) is 1.72. The smallest absolute Gasteiger partial charge is 0.257 e. The Balaban J connectivity index is 2.93. The lowest BCUT2D eigenvalue weighted by Crippen LogP contribution is -2.40. The highest BCUT2D eigenvalue weighted by atomic mass is 19.1. The van der Waals surface area contributed by atoms with Gasteiger partial charge in [0.25, 0.3) is 5.91 Å². The average Bonchev–Trinajstić information content (AvgIpc) is 2.34. The molecule has 0 aromatic heterocycles. The van der Waals surface area contributed by atoms with Crippen LogP contribution < -0.4 is 11.1 Å². The van der Waals surface area contributed by atoms with Crippen molar-refractivity contribution in [3.63, 3.8) is 0 Å². The minimum atomic E-state index is -0.858. The van der Waals surface area contributed by atoms with Crippen LogP contribution in [0.1, 0.15) is 35.7 Å². The lowest BCUT2D eigenvalue weighted by atomic mass is 10.1. The van der Waals surface area contributed by atoms with Crippen LogP contribution in [0.2, 0.25) is 0 Å². The Kier molecular flexibility index (Phi) is 5.22. The Morgan fingerprint density at radius 1 is 1.44 bits per heavy atom. The van der Waals surface area contributed by atoms with Gasteiger partial charge in [0.1, 0.15) is 17.2 Å². The summed E-state index contributed by atoms with van der Waals surface area (Å²) in [7, 11) is 0. The lowest BCUT2D eigenvalue weighted by molar-refractivity contribution is 0.0927. The van der Waals surface area contributed by atoms with Gasteiger partial charge in [-0.25, -0.2) is 8.78 Å². The molecule has 18 heavy (non-hydrogen) atoms. The summed E-state index contributed by atoms with van der Waals surface area (Å²) in [6, 6.07) is 2.13. The van der Waals surface area contributed by atoms with Crippen LogP contribution in [0.3, 0.4) is 0 Å². The fourth-order valence-corrected chi connectivity index (χ4v) is 1.72. The third-order valence-electron chi connectivity index (χ3n) is 2.77. The molecule has 0 aliphatic heterocycles. The number of halogens is 2. The van der Waals surface area contributed by atoms with Crippen molar-refractivity contribution < 1.29 is 13.6 Å². The van der Waals surface area contributed by atoms with Crippen molar-refractivity contribution in [2.24, 2.45) is 5.73 Å². The first-order valence-electron chi connectivity index (χ1n) is 5.96. The fraction of sp³-hybridized carbons (Fsp3) is 0.462. The van der Waals surface area contributed by atoms with Crippen LogP contribution in [0.4, 0.5) is 8.78 Å². The molecule has 100 valence electrons. The Bertz CT molecular complexity index is 435. The summed E-state index contributed by atoms with van der Waals surface area (Å²) in [5.41, 5.74) is 5.19. The molecule has 0 spiro atoms. The Morgan fingerprint density at radius 3 is 2.67 bits per heavy atom. The minimum Gasteiger partial charge on any atom is -0.348 e. The minimum absolute atomic E-state index is 0.237. The lowest BCUT2D eigenvalue weighted by Gasteiger charge is -2.16. The van der Waals surface area contributed by atoms with E-state index < -0.39 is 23.1 Å². The second-order valence-corrected chi connectivity index (χ2v) is 4.25. The molecule has 0 saturated carbocycles. The van der Waals surface area contributed by atoms with E-state index in [1.165, 1.54) is 13.0 Å². The zero-order valence-electron chi connectivity index (χ0n) is 10.6. The number of hydrogen-bond acceptors (Lipinski definition) is 2. The van der Waals surface area contributed by atoms with Crippen LogP contribution in [-0.4, -0.2) is 18.5 Å². The number of carbonyl (C=O) groups is 1. The van der Waals surface area contributed by atoms with Crippen LogP contribution in [0.25, 0.3) is 0 Å². The zero-order valence-corrected chi connectivity index (χ0v) is 10.6. The summed E-state index contributed by atoms with van der Waals surface area (Å²) in [6.45, 7) is 3.68. The van der Waals surface area contributed by atoms with Gasteiger partial charge in [0, 0.05) is 12.6 Å². The standard InChI is InChI=1S/C13H18F2N2O/c1-3-4-9(7-16)17-13(18)11-10(14)6-5-8(2)12(11)15/h5-6,9H,3-4,7,16H2,1-2H3,(H,17,18). The van der Waals surface area contributed by atoms with E-state index >= 15 is 0 Å². The summed E-state index contributed by atoms with van der Waals surface area (Å²) in [5.74, 6) is -2.43. The number of nitrogens with two attached hydrogens (primary N) is 1. The van der Waals surface area contributed by atoms with Crippen LogP contribution >= 0.6 is 0 Å². The van der Waals surface area contributed by atoms with Gasteiger partial charge in [0.15, 0.2) is 0 Å². The van der Waals surface area contributed by atoms with Gasteiger partial charge in [-0.2, -0.15) is 0 Å². The van der Waals surface area contributed by atoms with E-state index in [1.54, 1.807) is 0 Å². The van der Waals surface area contributed by atoms with Crippen LogP contribution in [0.15, 0.2) is 12.1 Å². The molecule has 1 amide bonds. The highest BCUT2D eigenvalue weighted by Crippen LogP contribution is 2.16. The second kappa shape index (κ2) is 6.44. The summed E-state index contributed by atoms with van der Waals surface area (Å²) in [5, 5.41) is 2.55. The molecular weight excluding hydrogens is 238 g/mol. The number of aryl methyl sites for hydroxylation is 1. The molecule has 1 atom stereocenters. The van der Waals surface area contributed by atoms with E-state index in [1.807, 2.05) is 6.92 Å². The highest BCUT2D eigenvalue weighted by molar-refractivity contribution is 5.95. The van der Waals surface area contributed by atoms with E-state index in [0.717, 1.165) is 12.5 Å². The van der Waals surface area contributed by atoms with E-state index in [0.29, 0.717) is 6.42 Å². The molecule has 0 saturated heterocycles. The maximum atomic E-state index is 13.7. The first kappa shape index (κ1) is 14.6. The highest BCUT2D eigenvalue weighted by Gasteiger charge is 2.20. The maximum absolute atomic E-state index is 13.7. The SMILES string of the molecule is CCCC(CN)NC(=O)c1c(F)ccc(C)c1F. The monoisotopic (exact) mass is 256 g/mol. The van der Waals surface area contributed by atoms with Crippen molar-refractivity contribution in [3.05, 3.63) is 34.9 Å². The van der Waals surface area contributed by atoms with E-state index in [2.05, 4.69) is 5.32 Å². The number of amides is 1. The Labute approximate surface area is 105 Å². The molecule has 3 nitrogen and oxygen atoms in total. The summed E-state index contributed by atoms with van der Waals surface area (Å²) in [6.07, 6.45) is 1.51. The molecule has 0 bridgehead atoms. The number of rotatable bonds is 5. The quantitative estimate of drug-likeness (QED) is 0.848. The molecule has 1 rings (SSSR count). The average molecular weight is 256 g/mol. The second-order valence-electron chi connectivity index (χ2n) is 4.25. The third kappa shape index (κ3) is 3.26. The van der Waals surface area contributed by atoms with E-state index in [-0.39, 0.29) is 18.2 Å². The molecular formula is C13H18F2N2O. The Morgan fingerprint density at radius 2 is 2.11 bits per heavy atom. The van der Waals surface area contributed by atoms with Crippen LogP contribution in [-0.2, 0) is 0 Å². The molecule has 0 heterocycles. The van der Waals surface area contributed by atoms with Gasteiger partial charge >= 0.3 is 0 Å². The van der Waals surface area contributed by atoms with Crippen molar-refractivity contribution in [2.75, 3.05) is 6.54 Å².